The van der Waals surface area contributed by atoms with E-state index >= 15 is 0 Å². The van der Waals surface area contributed by atoms with E-state index in [1.807, 2.05) is 0 Å². The third-order valence-electron chi connectivity index (χ3n) is 6.16. The zero-order chi connectivity index (χ0) is 12.3. The van der Waals surface area contributed by atoms with Gasteiger partial charge in [0.1, 0.15) is 0 Å². The van der Waals surface area contributed by atoms with Gasteiger partial charge in [0.15, 0.2) is 6.29 Å². The molecule has 1 heterocycles. The lowest BCUT2D eigenvalue weighted by molar-refractivity contribution is -0.157. The van der Waals surface area contributed by atoms with E-state index in [2.05, 4.69) is 20.8 Å². The molecule has 0 radical (unpaired) electrons. The Morgan fingerprint density at radius 2 is 1.88 bits per heavy atom. The second kappa shape index (κ2) is 3.71. The quantitative estimate of drug-likeness (QED) is 0.702. The van der Waals surface area contributed by atoms with Gasteiger partial charge in [-0.15, -0.1) is 0 Å². The molecule has 0 aromatic heterocycles. The second-order valence-electron chi connectivity index (χ2n) is 7.49. The van der Waals surface area contributed by atoms with Gasteiger partial charge in [-0.05, 0) is 48.3 Å². The van der Waals surface area contributed by atoms with Crippen molar-refractivity contribution < 1.29 is 9.84 Å². The average molecular weight is 238 g/mol. The minimum Gasteiger partial charge on any atom is -0.368 e. The molecule has 2 heteroatoms. The lowest BCUT2D eigenvalue weighted by Gasteiger charge is -2.58. The van der Waals surface area contributed by atoms with E-state index in [-0.39, 0.29) is 0 Å². The van der Waals surface area contributed by atoms with Gasteiger partial charge in [-0.25, -0.2) is 0 Å². The molecule has 0 amide bonds. The second-order valence-corrected chi connectivity index (χ2v) is 7.49. The summed E-state index contributed by atoms with van der Waals surface area (Å²) >= 11 is 0. The molecule has 2 aliphatic carbocycles. The molecule has 0 aromatic rings. The smallest absolute Gasteiger partial charge is 0.158 e. The summed E-state index contributed by atoms with van der Waals surface area (Å²) in [7, 11) is 0. The Kier molecular flexibility index (Phi) is 2.61. The third kappa shape index (κ3) is 1.60. The number of ether oxygens (including phenoxy) is 1. The molecule has 2 saturated carbocycles. The van der Waals surface area contributed by atoms with Crippen LogP contribution in [0.3, 0.4) is 0 Å². The maximum absolute atomic E-state index is 10.2. The van der Waals surface area contributed by atoms with Gasteiger partial charge in [-0.1, -0.05) is 27.2 Å². The molecule has 3 rings (SSSR count). The molecule has 1 saturated heterocycles. The van der Waals surface area contributed by atoms with Gasteiger partial charge < -0.3 is 9.84 Å². The third-order valence-corrected chi connectivity index (χ3v) is 6.16. The SMILES string of the molecule is CC1(C)CCC[C@]2(C)[C@@H]3[C@H](CC[C@@H]12)CO[C@H]3O. The summed E-state index contributed by atoms with van der Waals surface area (Å²) in [6, 6.07) is 0. The van der Waals surface area contributed by atoms with Gasteiger partial charge >= 0.3 is 0 Å². The summed E-state index contributed by atoms with van der Waals surface area (Å²) in [4.78, 5) is 0. The van der Waals surface area contributed by atoms with Crippen molar-refractivity contribution in [2.75, 3.05) is 6.61 Å². The van der Waals surface area contributed by atoms with E-state index in [9.17, 15) is 5.11 Å². The van der Waals surface area contributed by atoms with Crippen molar-refractivity contribution in [2.24, 2.45) is 28.6 Å². The van der Waals surface area contributed by atoms with Crippen LogP contribution in [0.5, 0.6) is 0 Å². The average Bonchev–Trinajstić information content (AvgIpc) is 2.60. The summed E-state index contributed by atoms with van der Waals surface area (Å²) in [5, 5.41) is 10.2. The number of rotatable bonds is 0. The predicted molar refractivity (Wildman–Crippen MR) is 67.4 cm³/mol. The van der Waals surface area contributed by atoms with Crippen LogP contribution in [0.2, 0.25) is 0 Å². The Hall–Kier alpha value is -0.0800. The van der Waals surface area contributed by atoms with Crippen molar-refractivity contribution in [3.63, 3.8) is 0 Å². The number of fused-ring (bicyclic) bond motifs is 3. The fourth-order valence-electron chi connectivity index (χ4n) is 5.46. The first-order valence-electron chi connectivity index (χ1n) is 7.25. The fourth-order valence-corrected chi connectivity index (χ4v) is 5.46. The molecule has 5 atom stereocenters. The van der Waals surface area contributed by atoms with Gasteiger partial charge in [-0.3, -0.25) is 0 Å². The van der Waals surface area contributed by atoms with Crippen molar-refractivity contribution in [1.82, 2.24) is 0 Å². The summed E-state index contributed by atoms with van der Waals surface area (Å²) in [6.07, 6.45) is 6.04. The minimum atomic E-state index is -0.498. The zero-order valence-electron chi connectivity index (χ0n) is 11.4. The van der Waals surface area contributed by atoms with Gasteiger partial charge in [0, 0.05) is 5.92 Å². The van der Waals surface area contributed by atoms with Crippen LogP contribution < -0.4 is 0 Å². The molecular formula is C15H26O2. The Bertz CT molecular complexity index is 308. The molecule has 98 valence electrons. The fraction of sp³-hybridized carbons (Fsp3) is 1.00. The molecule has 1 aliphatic heterocycles. The first-order valence-corrected chi connectivity index (χ1v) is 7.25. The Balaban J connectivity index is 1.96. The number of hydrogen-bond donors (Lipinski definition) is 1. The normalized spacial score (nSPS) is 52.9. The van der Waals surface area contributed by atoms with Crippen LogP contribution in [0.25, 0.3) is 0 Å². The first kappa shape index (κ1) is 12.0. The van der Waals surface area contributed by atoms with E-state index in [4.69, 9.17) is 4.74 Å². The summed E-state index contributed by atoms with van der Waals surface area (Å²) in [5.74, 6) is 1.77. The highest BCUT2D eigenvalue weighted by Gasteiger charge is 2.58. The van der Waals surface area contributed by atoms with E-state index in [0.29, 0.717) is 22.7 Å². The van der Waals surface area contributed by atoms with Gasteiger partial charge in [-0.2, -0.15) is 0 Å². The highest BCUT2D eigenvalue weighted by Crippen LogP contribution is 2.63. The highest BCUT2D eigenvalue weighted by atomic mass is 16.6. The zero-order valence-corrected chi connectivity index (χ0v) is 11.4. The topological polar surface area (TPSA) is 29.5 Å². The highest BCUT2D eigenvalue weighted by molar-refractivity contribution is 5.05. The van der Waals surface area contributed by atoms with Crippen LogP contribution in [-0.2, 0) is 4.74 Å². The molecular weight excluding hydrogens is 212 g/mol. The maximum Gasteiger partial charge on any atom is 0.158 e. The van der Waals surface area contributed by atoms with Crippen LogP contribution >= 0.6 is 0 Å². The summed E-state index contributed by atoms with van der Waals surface area (Å²) in [5.41, 5.74) is 0.751. The molecule has 0 spiro atoms. The van der Waals surface area contributed by atoms with Crippen molar-refractivity contribution in [1.29, 1.82) is 0 Å². The number of aliphatic hydroxyl groups excluding tert-OH is 1. The van der Waals surface area contributed by atoms with Crippen molar-refractivity contribution in [3.8, 4) is 0 Å². The van der Waals surface area contributed by atoms with Gasteiger partial charge in [0.25, 0.3) is 0 Å². The van der Waals surface area contributed by atoms with Crippen molar-refractivity contribution in [2.45, 2.75) is 59.2 Å². The monoisotopic (exact) mass is 238 g/mol. The van der Waals surface area contributed by atoms with Gasteiger partial charge in [0.05, 0.1) is 6.61 Å². The van der Waals surface area contributed by atoms with E-state index < -0.39 is 6.29 Å². The largest absolute Gasteiger partial charge is 0.368 e. The van der Waals surface area contributed by atoms with Crippen molar-refractivity contribution >= 4 is 0 Å². The molecule has 0 unspecified atom stereocenters. The maximum atomic E-state index is 10.2. The van der Waals surface area contributed by atoms with E-state index in [1.165, 1.54) is 32.1 Å². The molecule has 1 N–H and O–H groups in total. The molecule has 0 bridgehead atoms. The predicted octanol–water partition coefficient (Wildman–Crippen LogP) is 3.19. The van der Waals surface area contributed by atoms with Crippen LogP contribution in [0.4, 0.5) is 0 Å². The summed E-state index contributed by atoms with van der Waals surface area (Å²) in [6.45, 7) is 8.07. The Morgan fingerprint density at radius 3 is 2.65 bits per heavy atom. The molecule has 17 heavy (non-hydrogen) atoms. The Labute approximate surface area is 105 Å². The summed E-state index contributed by atoms with van der Waals surface area (Å²) < 4.78 is 5.54. The van der Waals surface area contributed by atoms with Crippen LogP contribution in [0.15, 0.2) is 0 Å². The standard InChI is InChI=1S/C15H26O2/c1-14(2)7-4-8-15(3)11(14)6-5-10-9-17-13(16)12(10)15/h10-13,16H,4-9H2,1-3H3/t10-,11+,12-,13-,15+/m1/s1. The molecule has 2 nitrogen and oxygen atoms in total. The van der Waals surface area contributed by atoms with Crippen molar-refractivity contribution in [3.05, 3.63) is 0 Å². The lowest BCUT2D eigenvalue weighted by atomic mass is 9.47. The van der Waals surface area contributed by atoms with Crippen LogP contribution in [0, 0.1) is 28.6 Å². The minimum absolute atomic E-state index is 0.306. The number of hydrogen-bond acceptors (Lipinski definition) is 2. The van der Waals surface area contributed by atoms with Crippen LogP contribution in [0.1, 0.15) is 52.9 Å². The first-order chi connectivity index (χ1) is 7.95. The van der Waals surface area contributed by atoms with Gasteiger partial charge in [0.2, 0.25) is 0 Å². The van der Waals surface area contributed by atoms with E-state index in [1.54, 1.807) is 0 Å². The number of aliphatic hydroxyl groups is 1. The molecule has 0 aromatic carbocycles. The van der Waals surface area contributed by atoms with E-state index in [0.717, 1.165) is 12.5 Å². The molecule has 3 aliphatic rings. The molecule has 3 fully saturated rings. The Morgan fingerprint density at radius 1 is 1.12 bits per heavy atom. The van der Waals surface area contributed by atoms with Crippen LogP contribution in [-0.4, -0.2) is 18.0 Å². The lowest BCUT2D eigenvalue weighted by Crippen LogP contribution is -2.53.